The van der Waals surface area contributed by atoms with E-state index in [0.717, 1.165) is 31.7 Å². The van der Waals surface area contributed by atoms with Gasteiger partial charge in [-0.15, -0.1) is 0 Å². The Morgan fingerprint density at radius 2 is 2.17 bits per heavy atom. The van der Waals surface area contributed by atoms with Crippen molar-refractivity contribution in [3.8, 4) is 0 Å². The molecule has 5 heteroatoms. The highest BCUT2D eigenvalue weighted by molar-refractivity contribution is 5.91. The lowest BCUT2D eigenvalue weighted by atomic mass is 10.1. The number of rotatable bonds is 1. The molecule has 3 heterocycles. The van der Waals surface area contributed by atoms with Gasteiger partial charge < -0.3 is 10.2 Å². The zero-order valence-electron chi connectivity index (χ0n) is 13.1. The molecule has 1 saturated heterocycles. The summed E-state index contributed by atoms with van der Waals surface area (Å²) >= 11 is 0. The van der Waals surface area contributed by atoms with Crippen LogP contribution in [0.25, 0.3) is 10.9 Å². The number of carbonyl (C=O) groups is 1. The summed E-state index contributed by atoms with van der Waals surface area (Å²) in [6, 6.07) is 7.63. The Kier molecular flexibility index (Phi) is 3.31. The van der Waals surface area contributed by atoms with Crippen molar-refractivity contribution in [1.82, 2.24) is 9.88 Å². The van der Waals surface area contributed by atoms with E-state index in [2.05, 4.69) is 16.3 Å². The Labute approximate surface area is 134 Å². The van der Waals surface area contributed by atoms with Gasteiger partial charge in [0.1, 0.15) is 0 Å². The molecule has 1 aromatic carbocycles. The standard InChI is InChI=1S/C18H19N3O2/c1-12(22)21-8-6-18(23)15-5-4-14(9-17(15)21)20-10-13-3-2-7-19-16(13)11-20/h3-6,8-9,16,19H,2,7,10-11H2,1H3. The van der Waals surface area contributed by atoms with E-state index in [0.29, 0.717) is 16.9 Å². The van der Waals surface area contributed by atoms with Crippen LogP contribution in [0.1, 0.15) is 18.1 Å². The van der Waals surface area contributed by atoms with Gasteiger partial charge >= 0.3 is 0 Å². The van der Waals surface area contributed by atoms with E-state index >= 15 is 0 Å². The van der Waals surface area contributed by atoms with Gasteiger partial charge in [0.15, 0.2) is 5.43 Å². The molecule has 0 saturated carbocycles. The monoisotopic (exact) mass is 309 g/mol. The fourth-order valence-electron chi connectivity index (χ4n) is 3.56. The maximum absolute atomic E-state index is 12.0. The van der Waals surface area contributed by atoms with Crippen molar-refractivity contribution in [3.63, 3.8) is 0 Å². The average Bonchev–Trinajstić information content (AvgIpc) is 2.98. The Bertz CT molecular complexity index is 881. The summed E-state index contributed by atoms with van der Waals surface area (Å²) in [5.41, 5.74) is 3.12. The molecule has 1 atom stereocenters. The summed E-state index contributed by atoms with van der Waals surface area (Å²) in [7, 11) is 0. The molecule has 1 aromatic heterocycles. The molecule has 2 aliphatic rings. The number of anilines is 1. The van der Waals surface area contributed by atoms with E-state index in [1.165, 1.54) is 18.6 Å². The molecule has 0 bridgehead atoms. The van der Waals surface area contributed by atoms with E-state index in [4.69, 9.17) is 0 Å². The third-order valence-corrected chi connectivity index (χ3v) is 4.75. The summed E-state index contributed by atoms with van der Waals surface area (Å²) < 4.78 is 1.54. The molecule has 5 nitrogen and oxygen atoms in total. The Balaban J connectivity index is 1.79. The number of nitrogens with one attached hydrogen (secondary N) is 1. The first-order chi connectivity index (χ1) is 11.1. The predicted molar refractivity (Wildman–Crippen MR) is 91.2 cm³/mol. The van der Waals surface area contributed by atoms with Crippen molar-refractivity contribution < 1.29 is 4.79 Å². The highest BCUT2D eigenvalue weighted by atomic mass is 16.1. The van der Waals surface area contributed by atoms with Crippen LogP contribution in [0.15, 0.2) is 46.9 Å². The Hall–Kier alpha value is -2.40. The quantitative estimate of drug-likeness (QED) is 0.816. The van der Waals surface area contributed by atoms with Crippen LogP contribution < -0.4 is 15.6 Å². The zero-order valence-corrected chi connectivity index (χ0v) is 13.1. The first kappa shape index (κ1) is 14.2. The molecular weight excluding hydrogens is 290 g/mol. The first-order valence-corrected chi connectivity index (χ1v) is 7.97. The number of hydrogen-bond acceptors (Lipinski definition) is 4. The van der Waals surface area contributed by atoms with E-state index < -0.39 is 0 Å². The van der Waals surface area contributed by atoms with Gasteiger partial charge in [-0.3, -0.25) is 14.2 Å². The second kappa shape index (κ2) is 5.35. The largest absolute Gasteiger partial charge is 0.366 e. The third-order valence-electron chi connectivity index (χ3n) is 4.75. The van der Waals surface area contributed by atoms with Gasteiger partial charge in [0.2, 0.25) is 5.91 Å². The highest BCUT2D eigenvalue weighted by Gasteiger charge is 2.28. The lowest BCUT2D eigenvalue weighted by Crippen LogP contribution is -2.35. The molecule has 0 radical (unpaired) electrons. The van der Waals surface area contributed by atoms with Crippen LogP contribution in [0.4, 0.5) is 5.69 Å². The Morgan fingerprint density at radius 3 is 2.96 bits per heavy atom. The van der Waals surface area contributed by atoms with Crippen LogP contribution in [0.2, 0.25) is 0 Å². The van der Waals surface area contributed by atoms with Crippen LogP contribution in [-0.2, 0) is 0 Å². The minimum Gasteiger partial charge on any atom is -0.366 e. The second-order valence-corrected chi connectivity index (χ2v) is 6.23. The fraction of sp³-hybridized carbons (Fsp3) is 0.333. The lowest BCUT2D eigenvalue weighted by Gasteiger charge is -2.20. The van der Waals surface area contributed by atoms with Gasteiger partial charge in [-0.25, -0.2) is 0 Å². The molecule has 118 valence electrons. The molecule has 0 amide bonds. The van der Waals surface area contributed by atoms with Crippen molar-refractivity contribution >= 4 is 22.5 Å². The van der Waals surface area contributed by atoms with Gasteiger partial charge in [0.25, 0.3) is 0 Å². The molecular formula is C18H19N3O2. The summed E-state index contributed by atoms with van der Waals surface area (Å²) in [5.74, 6) is -0.0911. The van der Waals surface area contributed by atoms with Crippen LogP contribution in [0.3, 0.4) is 0 Å². The Morgan fingerprint density at radius 1 is 1.30 bits per heavy atom. The van der Waals surface area contributed by atoms with Crippen LogP contribution >= 0.6 is 0 Å². The van der Waals surface area contributed by atoms with Crippen molar-refractivity contribution in [2.24, 2.45) is 0 Å². The minimum absolute atomic E-state index is 0.0523. The number of carbonyl (C=O) groups excluding carboxylic acids is 1. The van der Waals surface area contributed by atoms with Crippen LogP contribution in [-0.4, -0.2) is 36.2 Å². The van der Waals surface area contributed by atoms with E-state index in [1.54, 1.807) is 10.8 Å². The second-order valence-electron chi connectivity index (χ2n) is 6.23. The number of aromatic nitrogens is 1. The SMILES string of the molecule is CC(=O)n1ccc(=O)c2ccc(N3CC4=CCCNC4C3)cc21. The summed E-state index contributed by atoms with van der Waals surface area (Å²) in [6.07, 6.45) is 4.97. The van der Waals surface area contributed by atoms with E-state index in [9.17, 15) is 9.59 Å². The normalized spacial score (nSPS) is 20.5. The molecule has 2 aliphatic heterocycles. The summed E-state index contributed by atoms with van der Waals surface area (Å²) in [5, 5.41) is 4.12. The van der Waals surface area contributed by atoms with Crippen molar-refractivity contribution in [2.45, 2.75) is 19.4 Å². The molecule has 0 aliphatic carbocycles. The summed E-state index contributed by atoms with van der Waals surface area (Å²) in [6.45, 7) is 4.37. The third kappa shape index (κ3) is 2.37. The number of pyridine rings is 1. The molecule has 1 fully saturated rings. The van der Waals surface area contributed by atoms with E-state index in [1.807, 2.05) is 18.2 Å². The van der Waals surface area contributed by atoms with Gasteiger partial charge in [-0.2, -0.15) is 0 Å². The minimum atomic E-state index is -0.0911. The molecule has 1 unspecified atom stereocenters. The fourth-order valence-corrected chi connectivity index (χ4v) is 3.56. The van der Waals surface area contributed by atoms with Crippen LogP contribution in [0.5, 0.6) is 0 Å². The van der Waals surface area contributed by atoms with Gasteiger partial charge in [0, 0.05) is 49.4 Å². The van der Waals surface area contributed by atoms with Gasteiger partial charge in [0.05, 0.1) is 5.52 Å². The van der Waals surface area contributed by atoms with E-state index in [-0.39, 0.29) is 11.3 Å². The maximum Gasteiger partial charge on any atom is 0.227 e. The molecule has 1 N–H and O–H groups in total. The van der Waals surface area contributed by atoms with Crippen molar-refractivity contribution in [2.75, 3.05) is 24.5 Å². The van der Waals surface area contributed by atoms with Gasteiger partial charge in [-0.1, -0.05) is 6.08 Å². The smallest absolute Gasteiger partial charge is 0.227 e. The molecule has 0 spiro atoms. The average molecular weight is 309 g/mol. The van der Waals surface area contributed by atoms with Gasteiger partial charge in [-0.05, 0) is 36.7 Å². The first-order valence-electron chi connectivity index (χ1n) is 7.97. The molecule has 4 rings (SSSR count). The summed E-state index contributed by atoms with van der Waals surface area (Å²) in [4.78, 5) is 26.2. The molecule has 2 aromatic rings. The topological polar surface area (TPSA) is 54.3 Å². The predicted octanol–water partition coefficient (Wildman–Crippen LogP) is 1.77. The molecule has 23 heavy (non-hydrogen) atoms. The number of nitrogens with zero attached hydrogens (tertiary/aromatic N) is 2. The maximum atomic E-state index is 12.0. The zero-order chi connectivity index (χ0) is 16.0. The van der Waals surface area contributed by atoms with Crippen LogP contribution in [0, 0.1) is 0 Å². The lowest BCUT2D eigenvalue weighted by molar-refractivity contribution is 0.0941. The van der Waals surface area contributed by atoms with Crippen molar-refractivity contribution in [3.05, 3.63) is 52.3 Å². The van der Waals surface area contributed by atoms with Crippen molar-refractivity contribution in [1.29, 1.82) is 0 Å². The highest BCUT2D eigenvalue weighted by Crippen LogP contribution is 2.27. The number of hydrogen-bond donors (Lipinski definition) is 1. The number of benzene rings is 1. The number of fused-ring (bicyclic) bond motifs is 2.